The molecular weight excluding hydrogens is 336 g/mol. The van der Waals surface area contributed by atoms with Crippen LogP contribution in [-0.4, -0.2) is 61.5 Å². The van der Waals surface area contributed by atoms with Crippen molar-refractivity contribution in [2.45, 2.75) is 52.1 Å². The van der Waals surface area contributed by atoms with E-state index in [9.17, 15) is 19.2 Å². The van der Waals surface area contributed by atoms with Gasteiger partial charge >= 0.3 is 23.9 Å². The lowest BCUT2D eigenvalue weighted by Gasteiger charge is -2.29. The van der Waals surface area contributed by atoms with E-state index in [0.29, 0.717) is 11.1 Å². The minimum atomic E-state index is -0.863. The standard InChI is InChI=1S/C16H20O9/c1-7(17)21-5-11-12(6-22-8(2)18)14-16(24-10(4)20)15(13(11)25-14)23-9(3)19/h13-16H,5-6H2,1-4H3. The lowest BCUT2D eigenvalue weighted by Crippen LogP contribution is -2.45. The van der Waals surface area contributed by atoms with Crippen molar-refractivity contribution in [3.8, 4) is 0 Å². The fourth-order valence-corrected chi connectivity index (χ4v) is 2.93. The number of ether oxygens (including phenoxy) is 5. The van der Waals surface area contributed by atoms with E-state index in [1.165, 1.54) is 27.7 Å². The molecule has 0 aliphatic carbocycles. The van der Waals surface area contributed by atoms with Crippen molar-refractivity contribution in [3.63, 3.8) is 0 Å². The second-order valence-electron chi connectivity index (χ2n) is 5.74. The minimum absolute atomic E-state index is 0.0995. The van der Waals surface area contributed by atoms with Crippen molar-refractivity contribution in [3.05, 3.63) is 11.1 Å². The topological polar surface area (TPSA) is 114 Å². The molecular formula is C16H20O9. The summed E-state index contributed by atoms with van der Waals surface area (Å²) >= 11 is 0. The Bertz CT molecular complexity index is 569. The second-order valence-corrected chi connectivity index (χ2v) is 5.74. The molecule has 25 heavy (non-hydrogen) atoms. The van der Waals surface area contributed by atoms with Crippen LogP contribution in [0.5, 0.6) is 0 Å². The normalized spacial score (nSPS) is 27.0. The van der Waals surface area contributed by atoms with Gasteiger partial charge in [0.15, 0.2) is 12.2 Å². The average molecular weight is 356 g/mol. The lowest BCUT2D eigenvalue weighted by molar-refractivity contribution is -0.164. The van der Waals surface area contributed by atoms with Gasteiger partial charge < -0.3 is 23.7 Å². The monoisotopic (exact) mass is 356 g/mol. The molecule has 9 heteroatoms. The quantitative estimate of drug-likeness (QED) is 0.370. The summed E-state index contributed by atoms with van der Waals surface area (Å²) < 4.78 is 26.3. The Kier molecular flexibility index (Phi) is 5.78. The maximum absolute atomic E-state index is 11.4. The van der Waals surface area contributed by atoms with Crippen LogP contribution in [0.1, 0.15) is 27.7 Å². The predicted molar refractivity (Wildman–Crippen MR) is 80.1 cm³/mol. The van der Waals surface area contributed by atoms with E-state index >= 15 is 0 Å². The summed E-state index contributed by atoms with van der Waals surface area (Å²) in [7, 11) is 0. The molecule has 1 fully saturated rings. The third-order valence-corrected chi connectivity index (χ3v) is 3.78. The smallest absolute Gasteiger partial charge is 0.303 e. The fourth-order valence-electron chi connectivity index (χ4n) is 2.93. The highest BCUT2D eigenvalue weighted by Crippen LogP contribution is 2.43. The van der Waals surface area contributed by atoms with E-state index < -0.39 is 48.3 Å². The Morgan fingerprint density at radius 1 is 0.720 bits per heavy atom. The highest BCUT2D eigenvalue weighted by molar-refractivity contribution is 5.69. The molecule has 138 valence electrons. The van der Waals surface area contributed by atoms with Gasteiger partial charge in [-0.1, -0.05) is 0 Å². The van der Waals surface area contributed by atoms with E-state index in [1.54, 1.807) is 0 Å². The van der Waals surface area contributed by atoms with Crippen molar-refractivity contribution in [2.75, 3.05) is 13.2 Å². The molecule has 2 aliphatic rings. The molecule has 0 aromatic heterocycles. The highest BCUT2D eigenvalue weighted by Gasteiger charge is 2.57. The van der Waals surface area contributed by atoms with Crippen LogP contribution in [0.25, 0.3) is 0 Å². The van der Waals surface area contributed by atoms with Crippen LogP contribution >= 0.6 is 0 Å². The molecule has 0 radical (unpaired) electrons. The maximum Gasteiger partial charge on any atom is 0.303 e. The molecule has 0 saturated carbocycles. The number of esters is 4. The summed E-state index contributed by atoms with van der Waals surface area (Å²) in [6.07, 6.45) is -3.22. The van der Waals surface area contributed by atoms with Gasteiger partial charge in [-0.2, -0.15) is 0 Å². The van der Waals surface area contributed by atoms with Crippen LogP contribution < -0.4 is 0 Å². The number of hydrogen-bond donors (Lipinski definition) is 0. The van der Waals surface area contributed by atoms with E-state index in [1.807, 2.05) is 0 Å². The van der Waals surface area contributed by atoms with Crippen molar-refractivity contribution in [2.24, 2.45) is 0 Å². The summed E-state index contributed by atoms with van der Waals surface area (Å²) in [4.78, 5) is 45.0. The molecule has 2 rings (SSSR count). The number of rotatable bonds is 6. The van der Waals surface area contributed by atoms with E-state index in [2.05, 4.69) is 0 Å². The van der Waals surface area contributed by atoms with Gasteiger partial charge in [-0.15, -0.1) is 0 Å². The highest BCUT2D eigenvalue weighted by atomic mass is 16.6. The third-order valence-electron chi connectivity index (χ3n) is 3.78. The molecule has 0 spiro atoms. The SMILES string of the molecule is CC(=O)OCC1=C(COC(C)=O)C2OC1C(OC(C)=O)C2OC(C)=O. The zero-order valence-corrected chi connectivity index (χ0v) is 14.4. The van der Waals surface area contributed by atoms with Crippen molar-refractivity contribution < 1.29 is 42.9 Å². The molecule has 9 nitrogen and oxygen atoms in total. The van der Waals surface area contributed by atoms with Crippen molar-refractivity contribution >= 4 is 23.9 Å². The minimum Gasteiger partial charge on any atom is -0.461 e. The first-order valence-corrected chi connectivity index (χ1v) is 7.69. The summed E-state index contributed by atoms with van der Waals surface area (Å²) in [5, 5.41) is 0. The zero-order chi connectivity index (χ0) is 18.7. The Hall–Kier alpha value is -2.42. The van der Waals surface area contributed by atoms with Crippen LogP contribution in [0.3, 0.4) is 0 Å². The number of fused-ring (bicyclic) bond motifs is 2. The molecule has 0 aromatic rings. The van der Waals surface area contributed by atoms with Crippen LogP contribution in [-0.2, 0) is 42.9 Å². The van der Waals surface area contributed by atoms with Gasteiger partial charge in [0.1, 0.15) is 25.4 Å². The van der Waals surface area contributed by atoms with Gasteiger partial charge in [0, 0.05) is 38.8 Å². The van der Waals surface area contributed by atoms with Crippen LogP contribution in [0.4, 0.5) is 0 Å². The summed E-state index contributed by atoms with van der Waals surface area (Å²) in [6.45, 7) is 4.77. The predicted octanol–water partition coefficient (Wildman–Crippen LogP) is 0.0536. The van der Waals surface area contributed by atoms with Gasteiger partial charge in [-0.25, -0.2) is 0 Å². The Labute approximate surface area is 144 Å². The Morgan fingerprint density at radius 2 is 1.08 bits per heavy atom. The van der Waals surface area contributed by atoms with E-state index in [4.69, 9.17) is 23.7 Å². The summed E-state index contributed by atoms with van der Waals surface area (Å²) in [5.74, 6) is -2.12. The molecule has 0 amide bonds. The molecule has 2 aliphatic heterocycles. The molecule has 4 unspecified atom stereocenters. The maximum atomic E-state index is 11.4. The van der Waals surface area contributed by atoms with Gasteiger partial charge in [-0.3, -0.25) is 19.2 Å². The van der Waals surface area contributed by atoms with Gasteiger partial charge in [0.25, 0.3) is 0 Å². The fraction of sp³-hybridized carbons (Fsp3) is 0.625. The third kappa shape index (κ3) is 4.36. The number of carbonyl (C=O) groups excluding carboxylic acids is 4. The molecule has 0 N–H and O–H groups in total. The molecule has 2 bridgehead atoms. The number of hydrogen-bond acceptors (Lipinski definition) is 9. The number of carbonyl (C=O) groups is 4. The van der Waals surface area contributed by atoms with Crippen molar-refractivity contribution in [1.29, 1.82) is 0 Å². The molecule has 2 heterocycles. The zero-order valence-electron chi connectivity index (χ0n) is 14.4. The van der Waals surface area contributed by atoms with Crippen LogP contribution in [0, 0.1) is 0 Å². The molecule has 4 atom stereocenters. The first-order valence-electron chi connectivity index (χ1n) is 7.69. The second kappa shape index (κ2) is 7.64. The van der Waals surface area contributed by atoms with Crippen molar-refractivity contribution in [1.82, 2.24) is 0 Å². The first kappa shape index (κ1) is 18.9. The van der Waals surface area contributed by atoms with E-state index in [-0.39, 0.29) is 13.2 Å². The van der Waals surface area contributed by atoms with Gasteiger partial charge in [0.05, 0.1) is 0 Å². The average Bonchev–Trinajstić information content (AvgIpc) is 2.98. The van der Waals surface area contributed by atoms with Gasteiger partial charge in [-0.05, 0) is 0 Å². The van der Waals surface area contributed by atoms with Crippen LogP contribution in [0.2, 0.25) is 0 Å². The lowest BCUT2D eigenvalue weighted by atomic mass is 9.88. The Balaban J connectivity index is 2.32. The van der Waals surface area contributed by atoms with Gasteiger partial charge in [0.2, 0.25) is 0 Å². The molecule has 1 saturated heterocycles. The first-order chi connectivity index (χ1) is 11.7. The van der Waals surface area contributed by atoms with E-state index in [0.717, 1.165) is 0 Å². The Morgan fingerprint density at radius 3 is 1.36 bits per heavy atom. The largest absolute Gasteiger partial charge is 0.461 e. The molecule has 0 aromatic carbocycles. The summed E-state index contributed by atoms with van der Waals surface area (Å²) in [6, 6.07) is 0. The summed E-state index contributed by atoms with van der Waals surface area (Å²) in [5.41, 5.74) is 1.08. The van der Waals surface area contributed by atoms with Crippen LogP contribution in [0.15, 0.2) is 11.1 Å².